The van der Waals surface area contributed by atoms with E-state index in [9.17, 15) is 0 Å². The third kappa shape index (κ3) is 1.43. The van der Waals surface area contributed by atoms with Crippen LogP contribution in [0.25, 0.3) is 0 Å². The maximum Gasteiger partial charge on any atom is 0.190 e. The van der Waals surface area contributed by atoms with Crippen molar-refractivity contribution in [2.75, 3.05) is 6.61 Å². The van der Waals surface area contributed by atoms with Gasteiger partial charge in [-0.05, 0) is 12.8 Å². The number of ether oxygens (including phenoxy) is 1. The highest BCUT2D eigenvalue weighted by Crippen LogP contribution is 2.11. The summed E-state index contributed by atoms with van der Waals surface area (Å²) in [6, 6.07) is 0. The van der Waals surface area contributed by atoms with Crippen LogP contribution in [0.2, 0.25) is 0 Å². The first-order valence-electron chi connectivity index (χ1n) is 2.85. The molecule has 0 bridgehead atoms. The molecule has 8 heavy (non-hydrogen) atoms. The lowest BCUT2D eigenvalue weighted by molar-refractivity contribution is -0.352. The summed E-state index contributed by atoms with van der Waals surface area (Å²) in [5.74, 6) is 0. The fourth-order valence-electron chi connectivity index (χ4n) is 0.794. The third-order valence-corrected chi connectivity index (χ3v) is 1.26. The molecule has 1 unspecified atom stereocenters. The zero-order valence-corrected chi connectivity index (χ0v) is 4.67. The van der Waals surface area contributed by atoms with E-state index < -0.39 is 0 Å². The smallest absolute Gasteiger partial charge is 0.190 e. The van der Waals surface area contributed by atoms with Crippen LogP contribution in [0.4, 0.5) is 0 Å². The Bertz CT molecular complexity index is 58.7. The van der Waals surface area contributed by atoms with E-state index in [4.69, 9.17) is 9.99 Å². The highest BCUT2D eigenvalue weighted by atomic mass is 18.6. The summed E-state index contributed by atoms with van der Waals surface area (Å²) in [5.41, 5.74) is 0. The van der Waals surface area contributed by atoms with Crippen LogP contribution in [-0.2, 0) is 9.62 Å². The maximum absolute atomic E-state index is 8.07. The molecular weight excluding hydrogens is 110 g/mol. The molecule has 3 heteroatoms. The molecule has 0 aromatic heterocycles. The average molecular weight is 120 g/mol. The van der Waals surface area contributed by atoms with Crippen LogP contribution in [0.3, 0.4) is 0 Å². The Morgan fingerprint density at radius 1 is 1.50 bits per heavy atom. The largest absolute Gasteiger partial charge is 0.350 e. The van der Waals surface area contributed by atoms with Gasteiger partial charge in [0, 0.05) is 13.0 Å². The van der Waals surface area contributed by atoms with Crippen molar-refractivity contribution in [3.05, 3.63) is 0 Å². The fourth-order valence-corrected chi connectivity index (χ4v) is 0.794. The summed E-state index contributed by atoms with van der Waals surface area (Å²) >= 11 is 0. The van der Waals surface area contributed by atoms with Crippen molar-refractivity contribution < 1.29 is 14.9 Å². The first-order valence-corrected chi connectivity index (χ1v) is 2.85. The molecule has 0 spiro atoms. The highest BCUT2D eigenvalue weighted by Gasteiger charge is 2.12. The van der Waals surface area contributed by atoms with Gasteiger partial charge >= 0.3 is 0 Å². The summed E-state index contributed by atoms with van der Waals surface area (Å²) in [5, 5.41) is 8.07. The molecule has 3 nitrogen and oxygen atoms in total. The van der Waals surface area contributed by atoms with E-state index in [0.717, 1.165) is 19.3 Å². The van der Waals surface area contributed by atoms with Crippen LogP contribution in [0, 0.1) is 0 Å². The van der Waals surface area contributed by atoms with E-state index in [-0.39, 0.29) is 6.29 Å². The van der Waals surface area contributed by atoms with Gasteiger partial charge in [-0.15, -0.1) is 0 Å². The standard InChI is InChI=1S/C5H10O3/c6-8-5-3-1-2-4-7-5/h5-6H,1-4H2/i8+2. The summed E-state index contributed by atoms with van der Waals surface area (Å²) in [6.07, 6.45) is 2.63. The minimum absolute atomic E-state index is 0.358. The van der Waals surface area contributed by atoms with E-state index in [2.05, 4.69) is 4.89 Å². The van der Waals surface area contributed by atoms with E-state index in [0.29, 0.717) is 6.61 Å². The third-order valence-electron chi connectivity index (χ3n) is 1.26. The molecule has 1 atom stereocenters. The first kappa shape index (κ1) is 6.01. The predicted octanol–water partition coefficient (Wildman–Crippen LogP) is 1.00. The second kappa shape index (κ2) is 3.02. The van der Waals surface area contributed by atoms with Crippen molar-refractivity contribution in [1.82, 2.24) is 0 Å². The van der Waals surface area contributed by atoms with Gasteiger partial charge in [-0.1, -0.05) is 0 Å². The predicted molar refractivity (Wildman–Crippen MR) is 27.3 cm³/mol. The molecule has 1 aliphatic heterocycles. The highest BCUT2D eigenvalue weighted by molar-refractivity contribution is 4.51. The summed E-state index contributed by atoms with van der Waals surface area (Å²) in [7, 11) is 0. The van der Waals surface area contributed by atoms with Crippen molar-refractivity contribution in [2.24, 2.45) is 0 Å². The second-order valence-corrected chi connectivity index (χ2v) is 1.90. The molecule has 0 aromatic carbocycles. The monoisotopic (exact) mass is 120 g/mol. The Hall–Kier alpha value is -0.120. The Labute approximate surface area is 48.1 Å². The van der Waals surface area contributed by atoms with Crippen molar-refractivity contribution in [2.45, 2.75) is 25.6 Å². The van der Waals surface area contributed by atoms with Gasteiger partial charge < -0.3 is 4.74 Å². The van der Waals surface area contributed by atoms with Crippen LogP contribution in [0.1, 0.15) is 19.3 Å². The second-order valence-electron chi connectivity index (χ2n) is 1.90. The normalized spacial score (nSPS) is 30.4. The van der Waals surface area contributed by atoms with E-state index >= 15 is 0 Å². The Morgan fingerprint density at radius 2 is 2.38 bits per heavy atom. The van der Waals surface area contributed by atoms with Crippen molar-refractivity contribution >= 4 is 0 Å². The molecule has 1 heterocycles. The molecule has 1 fully saturated rings. The van der Waals surface area contributed by atoms with Gasteiger partial charge in [-0.2, -0.15) is 0 Å². The van der Waals surface area contributed by atoms with Gasteiger partial charge in [0.25, 0.3) is 0 Å². The van der Waals surface area contributed by atoms with Crippen LogP contribution < -0.4 is 0 Å². The molecular formula is C5H10O3. The molecule has 1 saturated heterocycles. The van der Waals surface area contributed by atoms with Crippen LogP contribution in [0.15, 0.2) is 0 Å². The Balaban J connectivity index is 2.13. The molecule has 0 aromatic rings. The van der Waals surface area contributed by atoms with Crippen LogP contribution >= 0.6 is 0 Å². The van der Waals surface area contributed by atoms with E-state index in [1.54, 1.807) is 0 Å². The number of rotatable bonds is 1. The lowest BCUT2D eigenvalue weighted by Gasteiger charge is -2.18. The van der Waals surface area contributed by atoms with Crippen LogP contribution in [-0.4, -0.2) is 18.2 Å². The van der Waals surface area contributed by atoms with E-state index in [1.807, 2.05) is 0 Å². The molecule has 1 N–H and O–H groups in total. The van der Waals surface area contributed by atoms with Gasteiger partial charge in [0.1, 0.15) is 0 Å². The van der Waals surface area contributed by atoms with Gasteiger partial charge in [-0.3, -0.25) is 0 Å². The van der Waals surface area contributed by atoms with Gasteiger partial charge in [0.05, 0.1) is 0 Å². The van der Waals surface area contributed by atoms with Gasteiger partial charge in [-0.25, -0.2) is 10.1 Å². The van der Waals surface area contributed by atoms with Crippen molar-refractivity contribution in [3.63, 3.8) is 0 Å². The number of hydrogen-bond acceptors (Lipinski definition) is 3. The lowest BCUT2D eigenvalue weighted by atomic mass is 10.2. The van der Waals surface area contributed by atoms with E-state index in [1.165, 1.54) is 0 Å². The molecule has 0 amide bonds. The maximum atomic E-state index is 8.07. The lowest BCUT2D eigenvalue weighted by Crippen LogP contribution is -2.20. The molecule has 48 valence electrons. The fraction of sp³-hybridized carbons (Fsp3) is 1.00. The molecule has 1 rings (SSSR count). The first-order chi connectivity index (χ1) is 3.93. The molecule has 0 saturated carbocycles. The summed E-state index contributed by atoms with van der Waals surface area (Å²) in [6.45, 7) is 0.714. The van der Waals surface area contributed by atoms with Crippen molar-refractivity contribution in [1.29, 1.82) is 0 Å². The van der Waals surface area contributed by atoms with Crippen molar-refractivity contribution in [3.8, 4) is 0 Å². The van der Waals surface area contributed by atoms with Crippen LogP contribution in [0.5, 0.6) is 0 Å². The average Bonchev–Trinajstić information content (AvgIpc) is 1.90. The minimum atomic E-state index is -0.358. The molecule has 0 aliphatic carbocycles. The number of hydrogen-bond donors (Lipinski definition) is 1. The molecule has 1 aliphatic rings. The summed E-state index contributed by atoms with van der Waals surface area (Å²) < 4.78 is 4.95. The zero-order valence-electron chi connectivity index (χ0n) is 4.67. The quantitative estimate of drug-likeness (QED) is 0.319. The Kier molecular flexibility index (Phi) is 2.27. The Morgan fingerprint density at radius 3 is 2.75 bits per heavy atom. The zero-order chi connectivity index (χ0) is 5.82. The topological polar surface area (TPSA) is 38.7 Å². The van der Waals surface area contributed by atoms with Gasteiger partial charge in [0.2, 0.25) is 0 Å². The SMILES string of the molecule is O[18O]C1CCCCO1. The summed E-state index contributed by atoms with van der Waals surface area (Å²) in [4.78, 5) is 3.97. The van der Waals surface area contributed by atoms with Gasteiger partial charge in [0.15, 0.2) is 6.29 Å². The minimum Gasteiger partial charge on any atom is -0.350 e. The molecule has 0 radical (unpaired) electrons.